The van der Waals surface area contributed by atoms with Gasteiger partial charge in [0.05, 0.1) is 12.4 Å². The van der Waals surface area contributed by atoms with Crippen LogP contribution in [0.5, 0.6) is 5.75 Å². The Hall–Kier alpha value is -10.2. The lowest BCUT2D eigenvalue weighted by molar-refractivity contribution is -0.142. The molecule has 18 N–H and O–H groups in total. The molecule has 97 heavy (non-hydrogen) atoms. The van der Waals surface area contributed by atoms with Crippen LogP contribution in [-0.4, -0.2) is 177 Å². The number of hydrogen-bond acceptors (Lipinski definition) is 15. The van der Waals surface area contributed by atoms with Crippen LogP contribution in [-0.2, 0) is 80.0 Å². The van der Waals surface area contributed by atoms with Crippen molar-refractivity contribution in [3.8, 4) is 5.75 Å². The minimum atomic E-state index is -1.44. The van der Waals surface area contributed by atoms with Gasteiger partial charge in [-0.25, -0.2) is 9.78 Å². The molecule has 2 aliphatic heterocycles. The number of imidazole rings is 1. The summed E-state index contributed by atoms with van der Waals surface area (Å²) in [5.74, 6) is -8.59. The Labute approximate surface area is 563 Å². The van der Waals surface area contributed by atoms with Gasteiger partial charge in [0.25, 0.3) is 0 Å². The number of aliphatic imine (C=N–C) groups is 1. The standard InChI is InChI=1S/C69H92N16O12/c1-42(2)58(66(94)82-54(38-46-27-29-48(86)30-28-46)62(90)78-51(68(96)97)23-12-13-31-70)84-64(92)55(37-45-21-10-5-11-22-45)80-63(91)52(35-43-17-6-3-7-18-43)79-60(88)50(25-15-33-75-69(71)72)77-61(89)53(36-44-19-8-4-9-20-44)81-65(93)57-26-16-34-85(57)67(95)56(39-47-40-73-41-76-47)83-59(87)49-24-14-32-74-49/h3-11,17-22,27-30,40-42,49-58,74,86H,12-16,23-26,31-39,70H2,1-2H3,(H,73,76)(H,77,89)(H,78,90)(H,79,88)(H,80,91)(H,81,93)(H,82,94)(H,83,87)(H,84,92)(H,96,97)(H4,71,72,75)/t49-,50-,51-,52-,53-,54-,55-,56-,57-,58-/m0/s1. The third kappa shape index (κ3) is 23.6. The molecule has 0 spiro atoms. The first-order valence-electron chi connectivity index (χ1n) is 33.0. The van der Waals surface area contributed by atoms with E-state index in [0.29, 0.717) is 66.7 Å². The fourth-order valence-electron chi connectivity index (χ4n) is 11.7. The van der Waals surface area contributed by atoms with Crippen molar-refractivity contribution in [2.75, 3.05) is 26.2 Å². The zero-order chi connectivity index (χ0) is 69.8. The number of aromatic amines is 1. The number of phenolic OH excluding ortho intramolecular Hbond substituents is 1. The molecule has 10 atom stereocenters. The molecule has 0 aliphatic carbocycles. The number of guanidine groups is 1. The monoisotopic (exact) mass is 1340 g/mol. The molecule has 2 fully saturated rings. The third-order valence-electron chi connectivity index (χ3n) is 17.0. The normalized spacial score (nSPS) is 16.7. The van der Waals surface area contributed by atoms with Crippen molar-refractivity contribution in [3.63, 3.8) is 0 Å². The maximum Gasteiger partial charge on any atom is 0.326 e. The molecule has 3 heterocycles. The predicted octanol–water partition coefficient (Wildman–Crippen LogP) is 0.173. The molecular weight excluding hydrogens is 1240 g/mol. The van der Waals surface area contributed by atoms with Gasteiger partial charge in [-0.1, -0.05) is 117 Å². The van der Waals surface area contributed by atoms with E-state index in [1.54, 1.807) is 111 Å². The minimum absolute atomic E-state index is 0.0311. The molecule has 9 amide bonds. The van der Waals surface area contributed by atoms with E-state index >= 15 is 9.59 Å². The quantitative estimate of drug-likeness (QED) is 0.0143. The van der Waals surface area contributed by atoms with Crippen molar-refractivity contribution >= 4 is 65.1 Å². The van der Waals surface area contributed by atoms with E-state index in [-0.39, 0.29) is 88.5 Å². The lowest BCUT2D eigenvalue weighted by Crippen LogP contribution is -2.61. The van der Waals surface area contributed by atoms with E-state index in [1.165, 1.54) is 35.5 Å². The first kappa shape index (κ1) is 74.2. The summed E-state index contributed by atoms with van der Waals surface area (Å²) in [6.45, 7) is 4.50. The highest BCUT2D eigenvalue weighted by Crippen LogP contribution is 2.22. The third-order valence-corrected chi connectivity index (χ3v) is 17.0. The number of hydrogen-bond donors (Lipinski definition) is 15. The summed E-state index contributed by atoms with van der Waals surface area (Å²) in [4.78, 5) is 156. The molecule has 4 aromatic carbocycles. The Bertz CT molecular complexity index is 3430. The van der Waals surface area contributed by atoms with Crippen molar-refractivity contribution < 1.29 is 58.2 Å². The van der Waals surface area contributed by atoms with E-state index in [2.05, 4.69) is 62.8 Å². The van der Waals surface area contributed by atoms with Crippen molar-refractivity contribution in [2.45, 2.75) is 164 Å². The second kappa shape index (κ2) is 37.8. The van der Waals surface area contributed by atoms with Gasteiger partial charge in [0, 0.05) is 57.1 Å². The number of carbonyl (C=O) groups is 10. The molecule has 0 bridgehead atoms. The lowest BCUT2D eigenvalue weighted by Gasteiger charge is -2.31. The van der Waals surface area contributed by atoms with Crippen LogP contribution < -0.4 is 65.1 Å². The summed E-state index contributed by atoms with van der Waals surface area (Å²) in [6.07, 6.45) is 5.73. The van der Waals surface area contributed by atoms with E-state index in [4.69, 9.17) is 17.2 Å². The average molecular weight is 1340 g/mol. The van der Waals surface area contributed by atoms with Gasteiger partial charge in [-0.3, -0.25) is 48.1 Å². The van der Waals surface area contributed by atoms with Gasteiger partial charge in [0.1, 0.15) is 60.1 Å². The molecule has 520 valence electrons. The average Bonchev–Trinajstić information content (AvgIpc) is 1.77. The summed E-state index contributed by atoms with van der Waals surface area (Å²) < 4.78 is 0. The van der Waals surface area contributed by atoms with E-state index in [9.17, 15) is 48.6 Å². The second-order valence-electron chi connectivity index (χ2n) is 24.8. The van der Waals surface area contributed by atoms with Gasteiger partial charge in [-0.2, -0.15) is 0 Å². The Morgan fingerprint density at radius 1 is 0.557 bits per heavy atom. The van der Waals surface area contributed by atoms with E-state index in [0.717, 1.165) is 6.42 Å². The van der Waals surface area contributed by atoms with Gasteiger partial charge < -0.3 is 85.1 Å². The molecule has 5 aromatic rings. The maximum atomic E-state index is 15.1. The van der Waals surface area contributed by atoms with Crippen molar-refractivity contribution in [1.82, 2.24) is 62.7 Å². The first-order valence-corrected chi connectivity index (χ1v) is 33.0. The van der Waals surface area contributed by atoms with Crippen molar-refractivity contribution in [2.24, 2.45) is 28.1 Å². The number of H-pyrrole nitrogens is 1. The van der Waals surface area contributed by atoms with Crippen LogP contribution in [0.2, 0.25) is 0 Å². The summed E-state index contributed by atoms with van der Waals surface area (Å²) >= 11 is 0. The summed E-state index contributed by atoms with van der Waals surface area (Å²) in [5, 5.41) is 45.5. The highest BCUT2D eigenvalue weighted by molar-refractivity contribution is 5.99. The molecule has 0 radical (unpaired) electrons. The van der Waals surface area contributed by atoms with E-state index in [1.807, 2.05) is 0 Å². The van der Waals surface area contributed by atoms with Crippen molar-refractivity contribution in [1.29, 1.82) is 0 Å². The fraction of sp³-hybridized carbons (Fsp3) is 0.449. The number of nitrogens with two attached hydrogens (primary N) is 3. The number of unbranched alkanes of at least 4 members (excludes halogenated alkanes) is 1. The molecule has 0 unspecified atom stereocenters. The molecule has 2 aliphatic rings. The number of rotatable bonds is 37. The van der Waals surface area contributed by atoms with Crippen LogP contribution in [0.4, 0.5) is 0 Å². The van der Waals surface area contributed by atoms with Gasteiger partial charge >= 0.3 is 5.97 Å². The number of nitrogens with one attached hydrogen (secondary N) is 10. The Kier molecular flexibility index (Phi) is 28.9. The van der Waals surface area contributed by atoms with Crippen LogP contribution >= 0.6 is 0 Å². The van der Waals surface area contributed by atoms with Gasteiger partial charge in [-0.05, 0) is 111 Å². The summed E-state index contributed by atoms with van der Waals surface area (Å²) in [5.41, 5.74) is 19.9. The number of carboxylic acid groups (broad SMARTS) is 1. The number of carbonyl (C=O) groups excluding carboxylic acids is 9. The Morgan fingerprint density at radius 3 is 1.54 bits per heavy atom. The number of aromatic hydroxyl groups is 1. The molecule has 28 heteroatoms. The summed E-state index contributed by atoms with van der Waals surface area (Å²) in [6, 6.07) is 19.9. The van der Waals surface area contributed by atoms with Crippen molar-refractivity contribution in [3.05, 3.63) is 156 Å². The number of carboxylic acids is 1. The molecule has 0 saturated carbocycles. The predicted molar refractivity (Wildman–Crippen MR) is 361 cm³/mol. The number of amides is 9. The smallest absolute Gasteiger partial charge is 0.326 e. The van der Waals surface area contributed by atoms with Gasteiger partial charge in [-0.15, -0.1) is 0 Å². The molecular formula is C69H92N16O12. The van der Waals surface area contributed by atoms with Crippen LogP contribution in [0, 0.1) is 5.92 Å². The molecule has 1 aromatic heterocycles. The number of benzene rings is 4. The van der Waals surface area contributed by atoms with Crippen LogP contribution in [0.1, 0.15) is 99.6 Å². The fourth-order valence-corrected chi connectivity index (χ4v) is 11.7. The number of nitrogens with zero attached hydrogens (tertiary/aromatic N) is 3. The van der Waals surface area contributed by atoms with Crippen LogP contribution in [0.15, 0.2) is 133 Å². The number of aromatic nitrogens is 2. The zero-order valence-corrected chi connectivity index (χ0v) is 54.8. The Balaban J connectivity index is 1.13. The lowest BCUT2D eigenvalue weighted by atomic mass is 9.98. The largest absolute Gasteiger partial charge is 0.508 e. The second-order valence-corrected chi connectivity index (χ2v) is 24.8. The topological polar surface area (TPSA) is 442 Å². The maximum absolute atomic E-state index is 15.1. The number of aliphatic carboxylic acids is 1. The van der Waals surface area contributed by atoms with Gasteiger partial charge in [0.15, 0.2) is 5.96 Å². The number of likely N-dealkylation sites (tertiary alicyclic amines) is 1. The van der Waals surface area contributed by atoms with E-state index < -0.39 is 120 Å². The van der Waals surface area contributed by atoms with Crippen LogP contribution in [0.25, 0.3) is 0 Å². The highest BCUT2D eigenvalue weighted by Gasteiger charge is 2.41. The molecule has 28 nitrogen and oxygen atoms in total. The highest BCUT2D eigenvalue weighted by atomic mass is 16.4. The number of phenols is 1. The van der Waals surface area contributed by atoms with Gasteiger partial charge in [0.2, 0.25) is 53.2 Å². The first-order chi connectivity index (χ1) is 46.6. The SMILES string of the molecule is CC(C)[C@H](NC(=O)[C@H](Cc1ccccc1)NC(=O)[C@H](Cc1ccccc1)NC(=O)[C@H](CCCN=C(N)N)NC(=O)[C@H](Cc1ccccc1)NC(=O)[C@@H]1CCCN1C(=O)[C@H](Cc1cnc[nH]1)NC(=O)[C@@H]1CCCN1)C(=O)N[C@@H](Cc1ccc(O)cc1)C(=O)N[C@@H](CCCCN)C(=O)O. The zero-order valence-electron chi connectivity index (χ0n) is 54.8. The minimum Gasteiger partial charge on any atom is -0.508 e. The van der Waals surface area contributed by atoms with Crippen LogP contribution in [0.3, 0.4) is 0 Å². The Morgan fingerprint density at radius 2 is 1.04 bits per heavy atom. The molecule has 2 saturated heterocycles. The summed E-state index contributed by atoms with van der Waals surface area (Å²) in [7, 11) is 0. The molecule has 7 rings (SSSR count).